The normalized spacial score (nSPS) is 14.5. The molecule has 1 aliphatic rings. The molecule has 0 bridgehead atoms. The number of aryl methyl sites for hydroxylation is 2. The Balaban J connectivity index is 1.89. The molecule has 0 aliphatic heterocycles. The fraction of sp³-hybridized carbons (Fsp3) is 0.294. The van der Waals surface area contributed by atoms with Gasteiger partial charge in [-0.25, -0.2) is 4.98 Å². The SMILES string of the molecule is Cn1cnc(S(=O)(=O)Nc2c3c(nc4ccccc24)CCCC3)c1. The van der Waals surface area contributed by atoms with Crippen molar-refractivity contribution in [2.45, 2.75) is 30.7 Å². The zero-order valence-corrected chi connectivity index (χ0v) is 14.2. The molecular weight excluding hydrogens is 324 g/mol. The van der Waals surface area contributed by atoms with Crippen LogP contribution in [0.4, 0.5) is 5.69 Å². The highest BCUT2D eigenvalue weighted by molar-refractivity contribution is 7.92. The lowest BCUT2D eigenvalue weighted by molar-refractivity contribution is 0.598. The summed E-state index contributed by atoms with van der Waals surface area (Å²) in [6.45, 7) is 0. The molecule has 0 spiro atoms. The topological polar surface area (TPSA) is 76.9 Å². The number of imidazole rings is 1. The van der Waals surface area contributed by atoms with E-state index in [2.05, 4.69) is 9.71 Å². The third-order valence-corrected chi connectivity index (χ3v) is 5.60. The lowest BCUT2D eigenvalue weighted by Gasteiger charge is -2.21. The van der Waals surface area contributed by atoms with Gasteiger partial charge in [-0.1, -0.05) is 18.2 Å². The van der Waals surface area contributed by atoms with Gasteiger partial charge >= 0.3 is 0 Å². The molecule has 6 nitrogen and oxygen atoms in total. The van der Waals surface area contributed by atoms with Crippen LogP contribution in [-0.2, 0) is 29.9 Å². The molecule has 1 aliphatic carbocycles. The van der Waals surface area contributed by atoms with Crippen molar-refractivity contribution < 1.29 is 8.42 Å². The molecule has 1 aromatic carbocycles. The van der Waals surface area contributed by atoms with Crippen molar-refractivity contribution in [3.63, 3.8) is 0 Å². The molecule has 0 unspecified atom stereocenters. The summed E-state index contributed by atoms with van der Waals surface area (Å²) >= 11 is 0. The molecular formula is C17H18N4O2S. The van der Waals surface area contributed by atoms with Crippen molar-refractivity contribution in [1.82, 2.24) is 14.5 Å². The second-order valence-electron chi connectivity index (χ2n) is 6.12. The largest absolute Gasteiger partial charge is 0.339 e. The number of hydrogen-bond donors (Lipinski definition) is 1. The second kappa shape index (κ2) is 5.59. The lowest BCUT2D eigenvalue weighted by Crippen LogP contribution is -2.17. The van der Waals surface area contributed by atoms with Gasteiger partial charge in [0.15, 0.2) is 5.03 Å². The second-order valence-corrected chi connectivity index (χ2v) is 7.75. The van der Waals surface area contributed by atoms with Crippen LogP contribution in [0.1, 0.15) is 24.1 Å². The monoisotopic (exact) mass is 342 g/mol. The highest BCUT2D eigenvalue weighted by Crippen LogP contribution is 2.34. The summed E-state index contributed by atoms with van der Waals surface area (Å²) in [4.78, 5) is 8.70. The Morgan fingerprint density at radius 2 is 1.96 bits per heavy atom. The van der Waals surface area contributed by atoms with Crippen LogP contribution in [0.25, 0.3) is 10.9 Å². The first-order valence-electron chi connectivity index (χ1n) is 7.96. The number of nitrogens with zero attached hydrogens (tertiary/aromatic N) is 3. The number of benzene rings is 1. The van der Waals surface area contributed by atoms with Crippen molar-refractivity contribution >= 4 is 26.6 Å². The van der Waals surface area contributed by atoms with Gasteiger partial charge in [-0.05, 0) is 37.3 Å². The summed E-state index contributed by atoms with van der Waals surface area (Å²) in [6, 6.07) is 7.65. The summed E-state index contributed by atoms with van der Waals surface area (Å²) in [5.74, 6) is 0. The molecule has 0 saturated carbocycles. The summed E-state index contributed by atoms with van der Waals surface area (Å²) in [7, 11) is -1.98. The standard InChI is InChI=1S/C17H18N4O2S/c1-21-10-16(18-11-21)24(22,23)20-17-12-6-2-4-8-14(12)19-15-9-5-3-7-13(15)17/h2,4,6,8,10-11H,3,5,7,9H2,1H3,(H,19,20). The maximum atomic E-state index is 12.7. The predicted octanol–water partition coefficient (Wildman–Crippen LogP) is 2.65. The Bertz CT molecular complexity index is 1020. The summed E-state index contributed by atoms with van der Waals surface area (Å²) in [5.41, 5.74) is 3.48. The highest BCUT2D eigenvalue weighted by atomic mass is 32.2. The minimum Gasteiger partial charge on any atom is -0.339 e. The van der Waals surface area contributed by atoms with Gasteiger partial charge in [0.25, 0.3) is 10.0 Å². The van der Waals surface area contributed by atoms with E-state index >= 15 is 0 Å². The van der Waals surface area contributed by atoms with Crippen molar-refractivity contribution in [1.29, 1.82) is 0 Å². The Kier molecular flexibility index (Phi) is 3.53. The Hall–Kier alpha value is -2.41. The highest BCUT2D eigenvalue weighted by Gasteiger charge is 2.24. The van der Waals surface area contributed by atoms with Crippen LogP contribution in [0.15, 0.2) is 41.8 Å². The number of sulfonamides is 1. The molecule has 4 rings (SSSR count). The van der Waals surface area contributed by atoms with Crippen LogP contribution in [0.2, 0.25) is 0 Å². The van der Waals surface area contributed by atoms with Gasteiger partial charge < -0.3 is 4.57 Å². The number of rotatable bonds is 3. The first kappa shape index (κ1) is 15.1. The smallest absolute Gasteiger partial charge is 0.280 e. The maximum absolute atomic E-state index is 12.7. The molecule has 0 atom stereocenters. The quantitative estimate of drug-likeness (QED) is 0.794. The van der Waals surface area contributed by atoms with E-state index in [1.165, 1.54) is 12.5 Å². The molecule has 1 N–H and O–H groups in total. The van der Waals surface area contributed by atoms with Crippen molar-refractivity contribution in [3.05, 3.63) is 48.0 Å². The summed E-state index contributed by atoms with van der Waals surface area (Å²) < 4.78 is 29.9. The van der Waals surface area contributed by atoms with E-state index < -0.39 is 10.0 Å². The first-order chi connectivity index (χ1) is 11.5. The molecule has 3 aromatic rings. The fourth-order valence-electron chi connectivity index (χ4n) is 3.20. The first-order valence-corrected chi connectivity index (χ1v) is 9.44. The third kappa shape index (κ3) is 2.54. The summed E-state index contributed by atoms with van der Waals surface area (Å²) in [5, 5.41) is 0.855. The molecule has 2 heterocycles. The van der Waals surface area contributed by atoms with E-state index in [0.29, 0.717) is 5.69 Å². The minimum atomic E-state index is -3.73. The van der Waals surface area contributed by atoms with Crippen molar-refractivity contribution in [2.24, 2.45) is 7.05 Å². The van der Waals surface area contributed by atoms with E-state index in [4.69, 9.17) is 4.98 Å². The van der Waals surface area contributed by atoms with Crippen molar-refractivity contribution in [2.75, 3.05) is 4.72 Å². The summed E-state index contributed by atoms with van der Waals surface area (Å²) in [6.07, 6.45) is 6.84. The number of anilines is 1. The van der Waals surface area contributed by atoms with E-state index in [9.17, 15) is 8.42 Å². The van der Waals surface area contributed by atoms with E-state index in [1.807, 2.05) is 24.3 Å². The van der Waals surface area contributed by atoms with Gasteiger partial charge in [-0.2, -0.15) is 8.42 Å². The Morgan fingerprint density at radius 1 is 1.17 bits per heavy atom. The number of aromatic nitrogens is 3. The van der Waals surface area contributed by atoms with Crippen LogP contribution < -0.4 is 4.72 Å². The number of hydrogen-bond acceptors (Lipinski definition) is 4. The van der Waals surface area contributed by atoms with Gasteiger partial charge in [0.05, 0.1) is 17.5 Å². The van der Waals surface area contributed by atoms with Crippen LogP contribution >= 0.6 is 0 Å². The average molecular weight is 342 g/mol. The van der Waals surface area contributed by atoms with Crippen molar-refractivity contribution in [3.8, 4) is 0 Å². The van der Waals surface area contributed by atoms with Gasteiger partial charge in [0.2, 0.25) is 0 Å². The van der Waals surface area contributed by atoms with Gasteiger partial charge in [0, 0.05) is 24.3 Å². The Labute approximate surface area is 140 Å². The van der Waals surface area contributed by atoms with Crippen LogP contribution in [0.5, 0.6) is 0 Å². The molecule has 2 aromatic heterocycles. The molecule has 0 amide bonds. The number of fused-ring (bicyclic) bond motifs is 2. The van der Waals surface area contributed by atoms with Gasteiger partial charge in [-0.15, -0.1) is 0 Å². The predicted molar refractivity (Wildman–Crippen MR) is 92.4 cm³/mol. The van der Waals surface area contributed by atoms with E-state index in [1.54, 1.807) is 11.6 Å². The number of nitrogens with one attached hydrogen (secondary N) is 1. The average Bonchev–Trinajstić information content (AvgIpc) is 3.02. The number of para-hydroxylation sites is 1. The van der Waals surface area contributed by atoms with Crippen LogP contribution in [0.3, 0.4) is 0 Å². The molecule has 124 valence electrons. The third-order valence-electron chi connectivity index (χ3n) is 4.36. The molecule has 0 radical (unpaired) electrons. The van der Waals surface area contributed by atoms with Gasteiger partial charge in [-0.3, -0.25) is 9.71 Å². The minimum absolute atomic E-state index is 0.0236. The number of pyridine rings is 1. The van der Waals surface area contributed by atoms with E-state index in [0.717, 1.165) is 47.8 Å². The zero-order chi connectivity index (χ0) is 16.7. The lowest BCUT2D eigenvalue weighted by atomic mass is 9.93. The van der Waals surface area contributed by atoms with Crippen LogP contribution in [-0.4, -0.2) is 23.0 Å². The maximum Gasteiger partial charge on any atom is 0.280 e. The molecule has 24 heavy (non-hydrogen) atoms. The molecule has 7 heteroatoms. The Morgan fingerprint density at radius 3 is 2.75 bits per heavy atom. The fourth-order valence-corrected chi connectivity index (χ4v) is 4.30. The van der Waals surface area contributed by atoms with E-state index in [-0.39, 0.29) is 5.03 Å². The van der Waals surface area contributed by atoms with Crippen LogP contribution in [0, 0.1) is 0 Å². The molecule has 0 fully saturated rings. The zero-order valence-electron chi connectivity index (χ0n) is 13.4. The van der Waals surface area contributed by atoms with Gasteiger partial charge in [0.1, 0.15) is 0 Å². The molecule has 0 saturated heterocycles.